The molecule has 1 aliphatic rings. The molecule has 1 nitrogen and oxygen atoms in total. The molecule has 12 aromatic rings. The van der Waals surface area contributed by atoms with Crippen LogP contribution in [0.3, 0.4) is 0 Å². The Morgan fingerprint density at radius 3 is 1.50 bits per heavy atom. The summed E-state index contributed by atoms with van der Waals surface area (Å²) >= 11 is 0. The van der Waals surface area contributed by atoms with Crippen molar-refractivity contribution < 1.29 is 0 Å². The van der Waals surface area contributed by atoms with Crippen LogP contribution in [0.1, 0.15) is 22.3 Å². The van der Waals surface area contributed by atoms with E-state index in [1.54, 1.807) is 0 Å². The smallest absolute Gasteiger partial charge is 0.0714 e. The Kier molecular flexibility index (Phi) is 8.82. The number of anilines is 3. The lowest BCUT2D eigenvalue weighted by atomic mass is 9.68. The van der Waals surface area contributed by atoms with Crippen molar-refractivity contribution >= 4 is 60.2 Å². The summed E-state index contributed by atoms with van der Waals surface area (Å²) in [6.07, 6.45) is 0. The lowest BCUT2D eigenvalue weighted by Gasteiger charge is -2.34. The van der Waals surface area contributed by atoms with Crippen molar-refractivity contribution in [3.05, 3.63) is 283 Å². The molecular weight excluding hydrogens is 795 g/mol. The topological polar surface area (TPSA) is 3.24 Å². The van der Waals surface area contributed by atoms with Gasteiger partial charge >= 0.3 is 0 Å². The predicted octanol–water partition coefficient (Wildman–Crippen LogP) is 17.5. The molecule has 1 heteroatoms. The quantitative estimate of drug-likeness (QED) is 0.145. The Balaban J connectivity index is 1.03. The fraction of sp³-hybridized carbons (Fsp3) is 0.0154. The fourth-order valence-electron chi connectivity index (χ4n) is 11.3. The van der Waals surface area contributed by atoms with E-state index in [4.69, 9.17) is 0 Å². The zero-order chi connectivity index (χ0) is 43.6. The molecule has 0 aliphatic heterocycles. The van der Waals surface area contributed by atoms with E-state index in [1.165, 1.54) is 98.7 Å². The van der Waals surface area contributed by atoms with Crippen molar-refractivity contribution in [2.24, 2.45) is 0 Å². The third-order valence-electron chi connectivity index (χ3n) is 14.1. The highest BCUT2D eigenvalue weighted by molar-refractivity contribution is 6.25. The van der Waals surface area contributed by atoms with Gasteiger partial charge < -0.3 is 4.90 Å². The van der Waals surface area contributed by atoms with Gasteiger partial charge in [0.25, 0.3) is 0 Å². The lowest BCUT2D eigenvalue weighted by Crippen LogP contribution is -2.28. The summed E-state index contributed by atoms with van der Waals surface area (Å²) in [5.41, 5.74) is 15.2. The number of hydrogen-bond donors (Lipinski definition) is 0. The molecule has 0 aromatic heterocycles. The van der Waals surface area contributed by atoms with Gasteiger partial charge in [0, 0.05) is 16.9 Å². The number of rotatable bonds is 7. The molecule has 0 fully saturated rings. The van der Waals surface area contributed by atoms with Crippen LogP contribution in [-0.4, -0.2) is 0 Å². The second kappa shape index (κ2) is 15.3. The lowest BCUT2D eigenvalue weighted by molar-refractivity contribution is 0.768. The van der Waals surface area contributed by atoms with E-state index in [0.29, 0.717) is 0 Å². The van der Waals surface area contributed by atoms with Gasteiger partial charge in [-0.1, -0.05) is 224 Å². The summed E-state index contributed by atoms with van der Waals surface area (Å²) in [7, 11) is 0. The van der Waals surface area contributed by atoms with Crippen molar-refractivity contribution in [1.29, 1.82) is 0 Å². The van der Waals surface area contributed by atoms with Crippen LogP contribution in [0, 0.1) is 0 Å². The Labute approximate surface area is 385 Å². The minimum atomic E-state index is -0.517. The maximum Gasteiger partial charge on any atom is 0.0714 e. The molecule has 0 heterocycles. The molecule has 0 unspecified atom stereocenters. The van der Waals surface area contributed by atoms with Crippen LogP contribution < -0.4 is 4.90 Å². The van der Waals surface area contributed by atoms with E-state index in [-0.39, 0.29) is 0 Å². The minimum absolute atomic E-state index is 0.517. The summed E-state index contributed by atoms with van der Waals surface area (Å²) in [4.78, 5) is 2.49. The molecule has 1 aliphatic carbocycles. The second-order valence-electron chi connectivity index (χ2n) is 17.5. The molecule has 12 aromatic carbocycles. The first-order valence-corrected chi connectivity index (χ1v) is 22.9. The van der Waals surface area contributed by atoms with Gasteiger partial charge in [0.1, 0.15) is 0 Å². The molecule has 0 amide bonds. The highest BCUT2D eigenvalue weighted by Crippen LogP contribution is 2.59. The van der Waals surface area contributed by atoms with Gasteiger partial charge in [0.05, 0.1) is 11.1 Å². The van der Waals surface area contributed by atoms with Crippen molar-refractivity contribution in [2.45, 2.75) is 5.41 Å². The summed E-state index contributed by atoms with van der Waals surface area (Å²) in [5.74, 6) is 0. The first-order valence-electron chi connectivity index (χ1n) is 22.9. The van der Waals surface area contributed by atoms with Crippen LogP contribution in [0.4, 0.5) is 17.1 Å². The van der Waals surface area contributed by atoms with Crippen molar-refractivity contribution in [3.63, 3.8) is 0 Å². The standard InChI is InChI=1S/C65H43N/c1-3-21-48(22-4-1)65(49-23-5-2-6-24-49)61-33-14-13-31-59(61)64-62(65)34-17-35-63(64)66(51-25-15-20-47(42-51)53-32-16-19-45-18-7-8-26-52(45)53)50-39-36-44(37-40-50)46-38-41-58-56-29-10-9-27-54(56)55-28-11-12-30-57(55)60(58)43-46/h1-43H. The Hall–Kier alpha value is -8.52. The van der Waals surface area contributed by atoms with E-state index in [2.05, 4.69) is 266 Å². The maximum absolute atomic E-state index is 2.49. The average Bonchev–Trinajstić information content (AvgIpc) is 3.71. The Morgan fingerprint density at radius 2 is 0.788 bits per heavy atom. The third-order valence-corrected chi connectivity index (χ3v) is 14.1. The first kappa shape index (κ1) is 38.0. The average molecular weight is 838 g/mol. The maximum atomic E-state index is 2.49. The van der Waals surface area contributed by atoms with Gasteiger partial charge in [-0.3, -0.25) is 0 Å². The summed E-state index contributed by atoms with van der Waals surface area (Å²) in [6.45, 7) is 0. The summed E-state index contributed by atoms with van der Waals surface area (Å²) < 4.78 is 0. The van der Waals surface area contributed by atoms with E-state index >= 15 is 0 Å². The third kappa shape index (κ3) is 5.80. The zero-order valence-electron chi connectivity index (χ0n) is 36.3. The van der Waals surface area contributed by atoms with Crippen LogP contribution in [0.2, 0.25) is 0 Å². The fourth-order valence-corrected chi connectivity index (χ4v) is 11.3. The largest absolute Gasteiger partial charge is 0.310 e. The van der Waals surface area contributed by atoms with Gasteiger partial charge in [-0.2, -0.15) is 0 Å². The van der Waals surface area contributed by atoms with Crippen LogP contribution >= 0.6 is 0 Å². The summed E-state index contributed by atoms with van der Waals surface area (Å²) in [5, 5.41) is 10.2. The molecule has 66 heavy (non-hydrogen) atoms. The Bertz CT molecular complexity index is 3730. The van der Waals surface area contributed by atoms with Gasteiger partial charge in [-0.15, -0.1) is 0 Å². The molecule has 0 saturated heterocycles. The first-order chi connectivity index (χ1) is 32.8. The minimum Gasteiger partial charge on any atom is -0.310 e. The number of hydrogen-bond acceptors (Lipinski definition) is 1. The van der Waals surface area contributed by atoms with Gasteiger partial charge in [0.2, 0.25) is 0 Å². The van der Waals surface area contributed by atoms with E-state index in [1.807, 2.05) is 0 Å². The van der Waals surface area contributed by atoms with E-state index in [9.17, 15) is 0 Å². The van der Waals surface area contributed by atoms with Crippen molar-refractivity contribution in [2.75, 3.05) is 4.90 Å². The highest BCUT2D eigenvalue weighted by Gasteiger charge is 2.47. The molecule has 0 N–H and O–H groups in total. The van der Waals surface area contributed by atoms with E-state index < -0.39 is 5.41 Å². The highest BCUT2D eigenvalue weighted by atomic mass is 15.1. The molecule has 13 rings (SSSR count). The number of benzene rings is 12. The Morgan fingerprint density at radius 1 is 0.273 bits per heavy atom. The molecular formula is C65H43N. The molecule has 0 bridgehead atoms. The molecule has 0 atom stereocenters. The van der Waals surface area contributed by atoms with Gasteiger partial charge in [-0.25, -0.2) is 0 Å². The predicted molar refractivity (Wildman–Crippen MR) is 279 cm³/mol. The SMILES string of the molecule is c1ccc(C2(c3ccccc3)c3ccccc3-c3c(N(c4ccc(-c5ccc6c7ccccc7c7ccccc7c6c5)cc4)c4cccc(-c5cccc6ccccc56)c4)cccc32)cc1. The normalized spacial score (nSPS) is 12.7. The summed E-state index contributed by atoms with van der Waals surface area (Å²) in [6, 6.07) is 96.4. The van der Waals surface area contributed by atoms with Crippen LogP contribution in [0.15, 0.2) is 261 Å². The van der Waals surface area contributed by atoms with Crippen LogP contribution in [0.25, 0.3) is 76.5 Å². The van der Waals surface area contributed by atoms with Crippen LogP contribution in [0.5, 0.6) is 0 Å². The molecule has 0 spiro atoms. The zero-order valence-corrected chi connectivity index (χ0v) is 36.3. The number of fused-ring (bicyclic) bond motifs is 10. The molecule has 0 radical (unpaired) electrons. The van der Waals surface area contributed by atoms with E-state index in [0.717, 1.165) is 17.1 Å². The molecule has 308 valence electrons. The van der Waals surface area contributed by atoms with Crippen LogP contribution in [-0.2, 0) is 5.41 Å². The number of nitrogens with zero attached hydrogens (tertiary/aromatic N) is 1. The second-order valence-corrected chi connectivity index (χ2v) is 17.5. The monoisotopic (exact) mass is 837 g/mol. The van der Waals surface area contributed by atoms with Gasteiger partial charge in [-0.05, 0) is 130 Å². The molecule has 0 saturated carbocycles. The van der Waals surface area contributed by atoms with Crippen molar-refractivity contribution in [3.8, 4) is 33.4 Å². The van der Waals surface area contributed by atoms with Crippen molar-refractivity contribution in [1.82, 2.24) is 0 Å². The van der Waals surface area contributed by atoms with Gasteiger partial charge in [0.15, 0.2) is 0 Å².